The molecule has 0 aliphatic carbocycles. The molecule has 0 radical (unpaired) electrons. The van der Waals surface area contributed by atoms with E-state index in [9.17, 15) is 14.7 Å². The zero-order valence-electron chi connectivity index (χ0n) is 16.9. The molecule has 5 nitrogen and oxygen atoms in total. The number of nitrogens with one attached hydrogen (secondary N) is 2. The summed E-state index contributed by atoms with van der Waals surface area (Å²) in [5, 5.41) is 15.0. The molecule has 0 saturated heterocycles. The van der Waals surface area contributed by atoms with Crippen LogP contribution < -0.4 is 10.6 Å². The number of benzene rings is 3. The van der Waals surface area contributed by atoms with Crippen molar-refractivity contribution in [2.24, 2.45) is 0 Å². The lowest BCUT2D eigenvalue weighted by Crippen LogP contribution is -2.45. The van der Waals surface area contributed by atoms with Gasteiger partial charge in [-0.3, -0.25) is 9.59 Å². The number of hydrogen-bond donors (Lipinski definition) is 3. The second kappa shape index (κ2) is 10.4. The molecule has 0 aliphatic rings. The summed E-state index contributed by atoms with van der Waals surface area (Å²) in [7, 11) is 0. The van der Waals surface area contributed by atoms with E-state index in [2.05, 4.69) is 10.6 Å². The maximum absolute atomic E-state index is 13.4. The van der Waals surface area contributed by atoms with Gasteiger partial charge in [0.2, 0.25) is 11.8 Å². The van der Waals surface area contributed by atoms with Crippen molar-refractivity contribution < 1.29 is 14.7 Å². The van der Waals surface area contributed by atoms with Gasteiger partial charge < -0.3 is 15.7 Å². The van der Waals surface area contributed by atoms with E-state index in [1.165, 1.54) is 0 Å². The fraction of sp³-hybridized carbons (Fsp3) is 0.200. The molecular formula is C25H26N2O3. The van der Waals surface area contributed by atoms with Gasteiger partial charge >= 0.3 is 0 Å². The maximum atomic E-state index is 13.4. The molecule has 2 atom stereocenters. The first-order valence-corrected chi connectivity index (χ1v) is 9.96. The van der Waals surface area contributed by atoms with E-state index in [4.69, 9.17) is 0 Å². The van der Waals surface area contributed by atoms with Crippen LogP contribution in [0.2, 0.25) is 0 Å². The molecule has 154 valence electrons. The van der Waals surface area contributed by atoms with Crippen LogP contribution in [0.5, 0.6) is 0 Å². The Labute approximate surface area is 176 Å². The van der Waals surface area contributed by atoms with Crippen molar-refractivity contribution in [3.8, 4) is 0 Å². The Bertz CT molecular complexity index is 906. The minimum absolute atomic E-state index is 0.183. The van der Waals surface area contributed by atoms with Crippen molar-refractivity contribution in [2.45, 2.75) is 24.9 Å². The SMILES string of the molecule is C[C@@H](CO)NC(=O)[C@H](NC(=O)C(c1ccccc1)c1ccccc1)c1ccccc1. The van der Waals surface area contributed by atoms with Crippen LogP contribution in [0.1, 0.15) is 35.6 Å². The molecule has 3 aromatic rings. The lowest BCUT2D eigenvalue weighted by atomic mass is 9.90. The highest BCUT2D eigenvalue weighted by Gasteiger charge is 2.29. The number of carbonyl (C=O) groups excluding carboxylic acids is 2. The van der Waals surface area contributed by atoms with Gasteiger partial charge in [0.05, 0.1) is 12.5 Å². The Morgan fingerprint density at radius 1 is 0.700 bits per heavy atom. The maximum Gasteiger partial charge on any atom is 0.247 e. The first kappa shape index (κ1) is 21.3. The number of carbonyl (C=O) groups is 2. The van der Waals surface area contributed by atoms with Crippen molar-refractivity contribution in [1.82, 2.24) is 10.6 Å². The van der Waals surface area contributed by atoms with Crippen LogP contribution in [0.3, 0.4) is 0 Å². The second-order valence-electron chi connectivity index (χ2n) is 7.20. The summed E-state index contributed by atoms with van der Waals surface area (Å²) in [6.45, 7) is 1.52. The molecule has 0 fully saturated rings. The van der Waals surface area contributed by atoms with E-state index in [-0.39, 0.29) is 18.4 Å². The quantitative estimate of drug-likeness (QED) is 0.542. The van der Waals surface area contributed by atoms with Crippen molar-refractivity contribution in [3.63, 3.8) is 0 Å². The highest BCUT2D eigenvalue weighted by molar-refractivity contribution is 5.93. The molecular weight excluding hydrogens is 376 g/mol. The van der Waals surface area contributed by atoms with Gasteiger partial charge in [0, 0.05) is 6.04 Å². The Hall–Kier alpha value is -3.44. The van der Waals surface area contributed by atoms with E-state index >= 15 is 0 Å². The van der Waals surface area contributed by atoms with Crippen LogP contribution >= 0.6 is 0 Å². The zero-order chi connectivity index (χ0) is 21.3. The van der Waals surface area contributed by atoms with Gasteiger partial charge in [-0.25, -0.2) is 0 Å². The number of hydrogen-bond acceptors (Lipinski definition) is 3. The average Bonchev–Trinajstić information content (AvgIpc) is 2.79. The lowest BCUT2D eigenvalue weighted by Gasteiger charge is -2.24. The molecule has 0 spiro atoms. The molecule has 3 aromatic carbocycles. The van der Waals surface area contributed by atoms with Gasteiger partial charge in [-0.05, 0) is 23.6 Å². The Balaban J connectivity index is 1.93. The molecule has 0 bridgehead atoms. The fourth-order valence-electron chi connectivity index (χ4n) is 3.33. The topological polar surface area (TPSA) is 78.4 Å². The van der Waals surface area contributed by atoms with Crippen molar-refractivity contribution >= 4 is 11.8 Å². The molecule has 0 heterocycles. The summed E-state index contributed by atoms with van der Waals surface area (Å²) in [5.74, 6) is -1.19. The average molecular weight is 402 g/mol. The van der Waals surface area contributed by atoms with Crippen LogP contribution in [-0.4, -0.2) is 29.6 Å². The van der Waals surface area contributed by atoms with Crippen molar-refractivity contribution in [2.75, 3.05) is 6.61 Å². The highest BCUT2D eigenvalue weighted by atomic mass is 16.3. The Morgan fingerprint density at radius 2 is 1.13 bits per heavy atom. The predicted octanol–water partition coefficient (Wildman–Crippen LogP) is 3.17. The number of aliphatic hydroxyl groups is 1. The van der Waals surface area contributed by atoms with Gasteiger partial charge in [0.15, 0.2) is 0 Å². The minimum atomic E-state index is -0.873. The molecule has 0 aromatic heterocycles. The van der Waals surface area contributed by atoms with E-state index in [1.807, 2.05) is 78.9 Å². The van der Waals surface area contributed by atoms with Crippen LogP contribution in [0, 0.1) is 0 Å². The van der Waals surface area contributed by atoms with Gasteiger partial charge in [0.1, 0.15) is 6.04 Å². The number of rotatable bonds is 8. The summed E-state index contributed by atoms with van der Waals surface area (Å²) >= 11 is 0. The lowest BCUT2D eigenvalue weighted by molar-refractivity contribution is -0.130. The first-order chi connectivity index (χ1) is 14.6. The number of amides is 2. The van der Waals surface area contributed by atoms with Crippen molar-refractivity contribution in [3.05, 3.63) is 108 Å². The monoisotopic (exact) mass is 402 g/mol. The summed E-state index contributed by atoms with van der Waals surface area (Å²) in [6, 6.07) is 26.8. The molecule has 5 heteroatoms. The van der Waals surface area contributed by atoms with Gasteiger partial charge in [-0.15, -0.1) is 0 Å². The molecule has 30 heavy (non-hydrogen) atoms. The van der Waals surface area contributed by atoms with Crippen LogP contribution in [0.4, 0.5) is 0 Å². The third kappa shape index (κ3) is 5.33. The molecule has 0 unspecified atom stereocenters. The van der Waals surface area contributed by atoms with Crippen molar-refractivity contribution in [1.29, 1.82) is 0 Å². The Morgan fingerprint density at radius 3 is 1.57 bits per heavy atom. The van der Waals surface area contributed by atoms with E-state index in [1.54, 1.807) is 19.1 Å². The summed E-state index contributed by atoms with van der Waals surface area (Å²) < 4.78 is 0. The first-order valence-electron chi connectivity index (χ1n) is 9.96. The Kier molecular flexibility index (Phi) is 7.35. The molecule has 0 aliphatic heterocycles. The normalized spacial score (nSPS) is 12.8. The third-order valence-electron chi connectivity index (χ3n) is 4.87. The summed E-state index contributed by atoms with van der Waals surface area (Å²) in [5.41, 5.74) is 2.36. The van der Waals surface area contributed by atoms with E-state index in [0.717, 1.165) is 11.1 Å². The third-order valence-corrected chi connectivity index (χ3v) is 4.87. The second-order valence-corrected chi connectivity index (χ2v) is 7.20. The van der Waals surface area contributed by atoms with Gasteiger partial charge in [-0.2, -0.15) is 0 Å². The largest absolute Gasteiger partial charge is 0.394 e. The standard InChI is InChI=1S/C25H26N2O3/c1-18(17-28)26-25(30)23(21-15-9-4-10-16-21)27-24(29)22(19-11-5-2-6-12-19)20-13-7-3-8-14-20/h2-16,18,22-23,28H,17H2,1H3,(H,26,30)(H,27,29)/t18-,23+/m0/s1. The zero-order valence-corrected chi connectivity index (χ0v) is 16.9. The molecule has 0 saturated carbocycles. The molecule has 3 N–H and O–H groups in total. The minimum Gasteiger partial charge on any atom is -0.394 e. The predicted molar refractivity (Wildman–Crippen MR) is 117 cm³/mol. The van der Waals surface area contributed by atoms with Gasteiger partial charge in [0.25, 0.3) is 0 Å². The highest BCUT2D eigenvalue weighted by Crippen LogP contribution is 2.26. The smallest absolute Gasteiger partial charge is 0.247 e. The summed E-state index contributed by atoms with van der Waals surface area (Å²) in [6.07, 6.45) is 0. The number of aliphatic hydroxyl groups excluding tert-OH is 1. The molecule has 3 rings (SSSR count). The van der Waals surface area contributed by atoms with Crippen LogP contribution in [0.15, 0.2) is 91.0 Å². The van der Waals surface area contributed by atoms with Crippen LogP contribution in [0.25, 0.3) is 0 Å². The fourth-order valence-corrected chi connectivity index (χ4v) is 3.33. The molecule has 2 amide bonds. The summed E-state index contributed by atoms with van der Waals surface area (Å²) in [4.78, 5) is 26.4. The van der Waals surface area contributed by atoms with E-state index < -0.39 is 18.0 Å². The van der Waals surface area contributed by atoms with Gasteiger partial charge in [-0.1, -0.05) is 91.0 Å². The van der Waals surface area contributed by atoms with E-state index in [0.29, 0.717) is 5.56 Å². The van der Waals surface area contributed by atoms with Crippen LogP contribution in [-0.2, 0) is 9.59 Å².